The molecule has 2 saturated heterocycles. The van der Waals surface area contributed by atoms with Gasteiger partial charge >= 0.3 is 0 Å². The SMILES string of the molecule is CCN(CC)c1ccc(N2CC=C[C@]34O[C@]5(CC)C=CCN(Cc6ccccc6)C(=O)[C@@H]5[C@H]3C(=O)N(CCCCCCO)C4C2=O)cc1. The van der Waals surface area contributed by atoms with E-state index >= 15 is 0 Å². The lowest BCUT2D eigenvalue weighted by molar-refractivity contribution is -0.150. The summed E-state index contributed by atoms with van der Waals surface area (Å²) >= 11 is 0. The summed E-state index contributed by atoms with van der Waals surface area (Å²) in [6, 6.07) is 17.0. The van der Waals surface area contributed by atoms with Crippen LogP contribution >= 0.6 is 0 Å². The molecule has 0 saturated carbocycles. The molecule has 4 heterocycles. The molecule has 1 N–H and O–H groups in total. The molecule has 2 aromatic rings. The number of rotatable bonds is 13. The van der Waals surface area contributed by atoms with Crippen LogP contribution in [0, 0.1) is 11.8 Å². The number of aliphatic hydroxyl groups is 1. The summed E-state index contributed by atoms with van der Waals surface area (Å²) < 4.78 is 7.16. The Morgan fingerprint density at radius 1 is 0.812 bits per heavy atom. The third-order valence-electron chi connectivity index (χ3n) is 10.8. The molecule has 256 valence electrons. The van der Waals surface area contributed by atoms with Gasteiger partial charge in [-0.15, -0.1) is 0 Å². The van der Waals surface area contributed by atoms with Crippen LogP contribution in [0.1, 0.15) is 58.4 Å². The molecule has 0 radical (unpaired) electrons. The summed E-state index contributed by atoms with van der Waals surface area (Å²) in [4.78, 5) is 51.9. The highest BCUT2D eigenvalue weighted by Crippen LogP contribution is 2.58. The Kier molecular flexibility index (Phi) is 10.1. The number of anilines is 2. The number of benzene rings is 2. The Morgan fingerprint density at radius 2 is 1.52 bits per heavy atom. The van der Waals surface area contributed by atoms with Crippen molar-refractivity contribution < 1.29 is 24.2 Å². The maximum atomic E-state index is 14.9. The van der Waals surface area contributed by atoms with Gasteiger partial charge in [0, 0.05) is 57.3 Å². The molecule has 1 spiro atoms. The summed E-state index contributed by atoms with van der Waals surface area (Å²) in [6.07, 6.45) is 11.4. The Bertz CT molecular complexity index is 1520. The van der Waals surface area contributed by atoms with Crippen LogP contribution in [0.5, 0.6) is 0 Å². The number of carbonyl (C=O) groups excluding carboxylic acids is 3. The molecule has 2 fully saturated rings. The van der Waals surface area contributed by atoms with Gasteiger partial charge in [0.1, 0.15) is 11.6 Å². The summed E-state index contributed by atoms with van der Waals surface area (Å²) in [5.74, 6) is -2.10. The van der Waals surface area contributed by atoms with Gasteiger partial charge in [-0.2, -0.15) is 0 Å². The van der Waals surface area contributed by atoms with E-state index in [0.717, 1.165) is 42.9 Å². The predicted molar refractivity (Wildman–Crippen MR) is 187 cm³/mol. The number of unbranched alkanes of at least 4 members (excludes halogenated alkanes) is 3. The molecule has 48 heavy (non-hydrogen) atoms. The first kappa shape index (κ1) is 33.9. The second-order valence-electron chi connectivity index (χ2n) is 13.4. The maximum absolute atomic E-state index is 14.9. The van der Waals surface area contributed by atoms with E-state index in [2.05, 4.69) is 18.7 Å². The summed E-state index contributed by atoms with van der Waals surface area (Å²) in [5, 5.41) is 9.30. The van der Waals surface area contributed by atoms with Gasteiger partial charge in [0.2, 0.25) is 11.8 Å². The summed E-state index contributed by atoms with van der Waals surface area (Å²) in [6.45, 7) is 9.72. The quantitative estimate of drug-likeness (QED) is 0.243. The first-order valence-corrected chi connectivity index (χ1v) is 17.8. The van der Waals surface area contributed by atoms with Crippen molar-refractivity contribution in [2.75, 3.05) is 49.1 Å². The minimum Gasteiger partial charge on any atom is -0.396 e. The van der Waals surface area contributed by atoms with E-state index in [1.54, 1.807) is 9.80 Å². The van der Waals surface area contributed by atoms with E-state index in [1.807, 2.05) is 90.7 Å². The van der Waals surface area contributed by atoms with Gasteiger partial charge in [-0.3, -0.25) is 14.4 Å². The summed E-state index contributed by atoms with van der Waals surface area (Å²) in [7, 11) is 0. The van der Waals surface area contributed by atoms with Gasteiger partial charge in [-0.25, -0.2) is 0 Å². The smallest absolute Gasteiger partial charge is 0.253 e. The van der Waals surface area contributed by atoms with Crippen LogP contribution in [0.4, 0.5) is 11.4 Å². The molecule has 3 amide bonds. The van der Waals surface area contributed by atoms with E-state index in [0.29, 0.717) is 45.4 Å². The van der Waals surface area contributed by atoms with Crippen LogP contribution in [0.2, 0.25) is 0 Å². The normalized spacial score (nSPS) is 28.0. The van der Waals surface area contributed by atoms with E-state index in [1.165, 1.54) is 0 Å². The van der Waals surface area contributed by atoms with Crippen molar-refractivity contribution in [1.82, 2.24) is 9.80 Å². The number of hydrogen-bond donors (Lipinski definition) is 1. The molecule has 9 nitrogen and oxygen atoms in total. The van der Waals surface area contributed by atoms with E-state index in [4.69, 9.17) is 4.74 Å². The summed E-state index contributed by atoms with van der Waals surface area (Å²) in [5.41, 5.74) is 0.571. The number of nitrogens with zero attached hydrogens (tertiary/aromatic N) is 4. The van der Waals surface area contributed by atoms with Gasteiger partial charge in [-0.05, 0) is 62.9 Å². The molecule has 0 aliphatic carbocycles. The first-order valence-electron chi connectivity index (χ1n) is 17.8. The fourth-order valence-electron chi connectivity index (χ4n) is 8.41. The number of fused-ring (bicyclic) bond motifs is 2. The van der Waals surface area contributed by atoms with Gasteiger partial charge in [0.25, 0.3) is 5.91 Å². The molecule has 4 aliphatic heterocycles. The highest BCUT2D eigenvalue weighted by molar-refractivity contribution is 6.06. The lowest BCUT2D eigenvalue weighted by atomic mass is 9.73. The van der Waals surface area contributed by atoms with Gasteiger partial charge in [0.05, 0.1) is 17.4 Å². The van der Waals surface area contributed by atoms with Crippen LogP contribution in [0.25, 0.3) is 0 Å². The third-order valence-corrected chi connectivity index (χ3v) is 10.8. The van der Waals surface area contributed by atoms with Crippen LogP contribution in [0.15, 0.2) is 78.9 Å². The zero-order valence-corrected chi connectivity index (χ0v) is 28.6. The lowest BCUT2D eigenvalue weighted by Crippen LogP contribution is -2.56. The van der Waals surface area contributed by atoms with Crippen LogP contribution in [0.3, 0.4) is 0 Å². The number of aliphatic hydroxyl groups excluding tert-OH is 1. The minimum atomic E-state index is -1.29. The van der Waals surface area contributed by atoms with Crippen molar-refractivity contribution in [3.8, 4) is 0 Å². The first-order chi connectivity index (χ1) is 23.3. The number of amides is 3. The Labute approximate surface area is 284 Å². The van der Waals surface area contributed by atoms with Crippen LogP contribution in [-0.2, 0) is 25.7 Å². The second-order valence-corrected chi connectivity index (χ2v) is 13.4. The van der Waals surface area contributed by atoms with E-state index in [-0.39, 0.29) is 24.3 Å². The predicted octanol–water partition coefficient (Wildman–Crippen LogP) is 4.95. The molecule has 5 atom stereocenters. The van der Waals surface area contributed by atoms with Crippen molar-refractivity contribution in [1.29, 1.82) is 0 Å². The Balaban J connectivity index is 1.38. The van der Waals surface area contributed by atoms with Gasteiger partial charge < -0.3 is 29.4 Å². The number of likely N-dealkylation sites (tertiary alicyclic amines) is 1. The largest absolute Gasteiger partial charge is 0.396 e. The fraction of sp³-hybridized carbons (Fsp3) is 0.513. The lowest BCUT2D eigenvalue weighted by Gasteiger charge is -2.38. The average Bonchev–Trinajstić information content (AvgIpc) is 3.39. The van der Waals surface area contributed by atoms with Crippen molar-refractivity contribution in [2.24, 2.45) is 11.8 Å². The molecule has 0 bridgehead atoms. The zero-order chi connectivity index (χ0) is 33.9. The van der Waals surface area contributed by atoms with Gasteiger partial charge in [0.15, 0.2) is 0 Å². The zero-order valence-electron chi connectivity index (χ0n) is 28.6. The molecule has 2 aromatic carbocycles. The standard InChI is InChI=1S/C39H50N4O5/c1-4-38-22-14-24-41(28-29-16-10-9-11-17-29)35(45)32(38)33-36(46)43(25-12-7-8-13-27-44)34-37(47)42(26-15-23-39(33,34)48-38)31-20-18-30(19-21-31)40(5-2)6-3/h9-11,14-23,32-34,44H,4-8,12-13,24-28H2,1-3H3/t32-,33-,34?,38+,39-/m0/s1. The third kappa shape index (κ3) is 5.85. The minimum absolute atomic E-state index is 0.113. The van der Waals surface area contributed by atoms with Crippen LogP contribution < -0.4 is 9.80 Å². The van der Waals surface area contributed by atoms with Crippen molar-refractivity contribution in [3.63, 3.8) is 0 Å². The van der Waals surface area contributed by atoms with Crippen molar-refractivity contribution >= 4 is 29.1 Å². The molecule has 4 aliphatic rings. The topological polar surface area (TPSA) is 93.6 Å². The second kappa shape index (κ2) is 14.3. The fourth-order valence-corrected chi connectivity index (χ4v) is 8.41. The monoisotopic (exact) mass is 654 g/mol. The molecular weight excluding hydrogens is 604 g/mol. The van der Waals surface area contributed by atoms with E-state index in [9.17, 15) is 19.5 Å². The molecule has 6 rings (SSSR count). The molecular formula is C39H50N4O5. The average molecular weight is 655 g/mol. The maximum Gasteiger partial charge on any atom is 0.253 e. The molecule has 9 heteroatoms. The number of ether oxygens (including phenoxy) is 1. The highest BCUT2D eigenvalue weighted by atomic mass is 16.5. The number of carbonyl (C=O) groups is 3. The molecule has 1 unspecified atom stereocenters. The highest BCUT2D eigenvalue weighted by Gasteiger charge is 2.75. The van der Waals surface area contributed by atoms with Crippen molar-refractivity contribution in [3.05, 3.63) is 84.5 Å². The van der Waals surface area contributed by atoms with Crippen LogP contribution in [-0.4, -0.2) is 89.2 Å². The Hall–Kier alpha value is -3.95. The molecule has 0 aromatic heterocycles. The number of hydrogen-bond acceptors (Lipinski definition) is 6. The van der Waals surface area contributed by atoms with E-state index < -0.39 is 29.1 Å². The van der Waals surface area contributed by atoms with Gasteiger partial charge in [-0.1, -0.05) is 74.4 Å². The van der Waals surface area contributed by atoms with Crippen molar-refractivity contribution in [2.45, 2.75) is 76.7 Å². The Morgan fingerprint density at radius 3 is 2.21 bits per heavy atom.